The van der Waals surface area contributed by atoms with Gasteiger partial charge in [-0.3, -0.25) is 4.79 Å². The van der Waals surface area contributed by atoms with Crippen molar-refractivity contribution in [3.63, 3.8) is 0 Å². The molecular formula is C15H16O. The summed E-state index contributed by atoms with van der Waals surface area (Å²) in [6, 6.07) is 10.5. The molecule has 0 saturated carbocycles. The summed E-state index contributed by atoms with van der Waals surface area (Å²) in [5, 5.41) is 2.23. The Morgan fingerprint density at radius 3 is 2.69 bits per heavy atom. The standard InChI is InChI=1S/C15H16O/c1-3-4-12-6-8-14-13(9-12)7-5-11(2)15(14)10-16/h5-10H,3-4H2,1-2H3. The van der Waals surface area contributed by atoms with Crippen molar-refractivity contribution in [3.8, 4) is 0 Å². The molecule has 0 amide bonds. The van der Waals surface area contributed by atoms with Crippen molar-refractivity contribution in [1.29, 1.82) is 0 Å². The predicted octanol–water partition coefficient (Wildman–Crippen LogP) is 3.91. The van der Waals surface area contributed by atoms with Gasteiger partial charge < -0.3 is 0 Å². The number of hydrogen-bond acceptors (Lipinski definition) is 1. The normalized spacial score (nSPS) is 10.6. The lowest BCUT2D eigenvalue weighted by molar-refractivity contribution is 0.112. The maximum atomic E-state index is 11.1. The van der Waals surface area contributed by atoms with Gasteiger partial charge in [-0.1, -0.05) is 43.7 Å². The second-order valence-corrected chi connectivity index (χ2v) is 4.22. The van der Waals surface area contributed by atoms with Gasteiger partial charge in [0, 0.05) is 5.56 Å². The molecule has 0 saturated heterocycles. The van der Waals surface area contributed by atoms with Crippen LogP contribution in [-0.4, -0.2) is 6.29 Å². The predicted molar refractivity (Wildman–Crippen MR) is 68.1 cm³/mol. The fourth-order valence-corrected chi connectivity index (χ4v) is 2.11. The van der Waals surface area contributed by atoms with Crippen LogP contribution in [0.1, 0.15) is 34.8 Å². The van der Waals surface area contributed by atoms with Crippen LogP contribution < -0.4 is 0 Å². The van der Waals surface area contributed by atoms with Crippen molar-refractivity contribution < 1.29 is 4.79 Å². The molecule has 0 atom stereocenters. The Morgan fingerprint density at radius 2 is 2.00 bits per heavy atom. The summed E-state index contributed by atoms with van der Waals surface area (Å²) in [7, 11) is 0. The van der Waals surface area contributed by atoms with Crippen LogP contribution in [0.3, 0.4) is 0 Å². The average molecular weight is 212 g/mol. The molecule has 0 spiro atoms. The zero-order valence-electron chi connectivity index (χ0n) is 9.79. The van der Waals surface area contributed by atoms with Crippen LogP contribution in [0.15, 0.2) is 30.3 Å². The van der Waals surface area contributed by atoms with Gasteiger partial charge in [-0.05, 0) is 35.2 Å². The van der Waals surface area contributed by atoms with Crippen molar-refractivity contribution in [2.45, 2.75) is 26.7 Å². The lowest BCUT2D eigenvalue weighted by Crippen LogP contribution is -1.90. The van der Waals surface area contributed by atoms with E-state index in [2.05, 4.69) is 31.2 Å². The van der Waals surface area contributed by atoms with Crippen molar-refractivity contribution >= 4 is 17.1 Å². The summed E-state index contributed by atoms with van der Waals surface area (Å²) in [4.78, 5) is 11.1. The highest BCUT2D eigenvalue weighted by molar-refractivity contribution is 5.99. The Balaban J connectivity index is 2.64. The first-order valence-corrected chi connectivity index (χ1v) is 5.73. The van der Waals surface area contributed by atoms with E-state index >= 15 is 0 Å². The highest BCUT2D eigenvalue weighted by Crippen LogP contribution is 2.22. The number of hydrogen-bond donors (Lipinski definition) is 0. The number of aryl methyl sites for hydroxylation is 2. The van der Waals surface area contributed by atoms with Crippen LogP contribution in [-0.2, 0) is 6.42 Å². The Kier molecular flexibility index (Phi) is 3.04. The molecule has 82 valence electrons. The van der Waals surface area contributed by atoms with Crippen molar-refractivity contribution in [1.82, 2.24) is 0 Å². The molecule has 0 radical (unpaired) electrons. The average Bonchev–Trinajstić information content (AvgIpc) is 2.30. The second-order valence-electron chi connectivity index (χ2n) is 4.22. The molecule has 0 fully saturated rings. The van der Waals surface area contributed by atoms with Crippen molar-refractivity contribution in [2.24, 2.45) is 0 Å². The first-order valence-electron chi connectivity index (χ1n) is 5.73. The van der Waals surface area contributed by atoms with Crippen LogP contribution >= 0.6 is 0 Å². The minimum atomic E-state index is 0.820. The Morgan fingerprint density at radius 1 is 1.19 bits per heavy atom. The van der Waals surface area contributed by atoms with Crippen molar-refractivity contribution in [2.75, 3.05) is 0 Å². The lowest BCUT2D eigenvalue weighted by Gasteiger charge is -2.06. The van der Waals surface area contributed by atoms with Crippen LogP contribution in [0.2, 0.25) is 0 Å². The summed E-state index contributed by atoms with van der Waals surface area (Å²) in [6.07, 6.45) is 3.20. The molecule has 0 unspecified atom stereocenters. The van der Waals surface area contributed by atoms with Crippen LogP contribution in [0.5, 0.6) is 0 Å². The summed E-state index contributed by atoms with van der Waals surface area (Å²) >= 11 is 0. The second kappa shape index (κ2) is 4.48. The Bertz CT molecular complexity index is 526. The molecule has 2 rings (SSSR count). The van der Waals surface area contributed by atoms with Gasteiger partial charge in [0.25, 0.3) is 0 Å². The molecule has 0 aliphatic carbocycles. The number of carbonyl (C=O) groups excluding carboxylic acids is 1. The van der Waals surface area contributed by atoms with Crippen LogP contribution in [0.25, 0.3) is 10.8 Å². The fraction of sp³-hybridized carbons (Fsp3) is 0.267. The molecule has 0 aromatic heterocycles. The zero-order valence-corrected chi connectivity index (χ0v) is 9.79. The molecule has 2 aromatic carbocycles. The highest BCUT2D eigenvalue weighted by Gasteiger charge is 2.04. The van der Waals surface area contributed by atoms with Gasteiger partial charge in [-0.2, -0.15) is 0 Å². The maximum absolute atomic E-state index is 11.1. The topological polar surface area (TPSA) is 17.1 Å². The largest absolute Gasteiger partial charge is 0.298 e. The molecule has 0 N–H and O–H groups in total. The Hall–Kier alpha value is -1.63. The summed E-state index contributed by atoms with van der Waals surface area (Å²) in [5.41, 5.74) is 3.21. The van der Waals surface area contributed by atoms with Gasteiger partial charge in [-0.25, -0.2) is 0 Å². The summed E-state index contributed by atoms with van der Waals surface area (Å²) < 4.78 is 0. The van der Waals surface area contributed by atoms with E-state index in [-0.39, 0.29) is 0 Å². The monoisotopic (exact) mass is 212 g/mol. The lowest BCUT2D eigenvalue weighted by atomic mass is 9.98. The van der Waals surface area contributed by atoms with Gasteiger partial charge in [0.05, 0.1) is 0 Å². The third kappa shape index (κ3) is 1.85. The SMILES string of the molecule is CCCc1ccc2c(C=O)c(C)ccc2c1. The third-order valence-electron chi connectivity index (χ3n) is 3.00. The molecule has 0 aliphatic heterocycles. The highest BCUT2D eigenvalue weighted by atomic mass is 16.1. The van der Waals surface area contributed by atoms with Gasteiger partial charge >= 0.3 is 0 Å². The van der Waals surface area contributed by atoms with E-state index in [1.165, 1.54) is 10.9 Å². The molecule has 1 nitrogen and oxygen atoms in total. The van der Waals surface area contributed by atoms with Crippen molar-refractivity contribution in [3.05, 3.63) is 47.0 Å². The smallest absolute Gasteiger partial charge is 0.150 e. The zero-order chi connectivity index (χ0) is 11.5. The number of benzene rings is 2. The third-order valence-corrected chi connectivity index (χ3v) is 3.00. The van der Waals surface area contributed by atoms with E-state index in [9.17, 15) is 4.79 Å². The van der Waals surface area contributed by atoms with Gasteiger partial charge in [0.1, 0.15) is 0 Å². The van der Waals surface area contributed by atoms with Gasteiger partial charge in [0.2, 0.25) is 0 Å². The molecule has 16 heavy (non-hydrogen) atoms. The number of carbonyl (C=O) groups is 1. The van der Waals surface area contributed by atoms with E-state index < -0.39 is 0 Å². The molecule has 0 aliphatic rings. The first-order chi connectivity index (χ1) is 7.76. The van der Waals surface area contributed by atoms with E-state index in [4.69, 9.17) is 0 Å². The molecule has 0 heterocycles. The number of fused-ring (bicyclic) bond motifs is 1. The van der Waals surface area contributed by atoms with Gasteiger partial charge in [0.15, 0.2) is 6.29 Å². The van der Waals surface area contributed by atoms with E-state index in [0.29, 0.717) is 0 Å². The Labute approximate surface area is 96.1 Å². The number of aldehydes is 1. The molecule has 2 aromatic rings. The van der Waals surface area contributed by atoms with E-state index in [0.717, 1.165) is 35.6 Å². The summed E-state index contributed by atoms with van der Waals surface area (Å²) in [6.45, 7) is 4.15. The molecular weight excluding hydrogens is 196 g/mol. The minimum Gasteiger partial charge on any atom is -0.298 e. The van der Waals surface area contributed by atoms with E-state index in [1.54, 1.807) is 0 Å². The van der Waals surface area contributed by atoms with Crippen LogP contribution in [0, 0.1) is 6.92 Å². The summed E-state index contributed by atoms with van der Waals surface area (Å²) in [5.74, 6) is 0. The number of rotatable bonds is 3. The minimum absolute atomic E-state index is 0.820. The molecule has 0 bridgehead atoms. The van der Waals surface area contributed by atoms with Crippen LogP contribution in [0.4, 0.5) is 0 Å². The first kappa shape index (κ1) is 10.9. The molecule has 1 heteroatoms. The van der Waals surface area contributed by atoms with E-state index in [1.807, 2.05) is 13.0 Å². The quantitative estimate of drug-likeness (QED) is 0.705. The van der Waals surface area contributed by atoms with Gasteiger partial charge in [-0.15, -0.1) is 0 Å². The fourth-order valence-electron chi connectivity index (χ4n) is 2.11. The maximum Gasteiger partial charge on any atom is 0.150 e.